The van der Waals surface area contributed by atoms with Gasteiger partial charge in [0, 0.05) is 12.2 Å². The zero-order valence-corrected chi connectivity index (χ0v) is 12.1. The summed E-state index contributed by atoms with van der Waals surface area (Å²) in [6.45, 7) is -0.0866. The van der Waals surface area contributed by atoms with Crippen LogP contribution in [0.25, 0.3) is 0 Å². The average molecular weight is 322 g/mol. The Balaban J connectivity index is 1.69. The minimum atomic E-state index is -0.931. The molecule has 23 heavy (non-hydrogen) atoms. The van der Waals surface area contributed by atoms with E-state index in [1.807, 2.05) is 0 Å². The summed E-state index contributed by atoms with van der Waals surface area (Å²) in [4.78, 5) is 11.6. The van der Waals surface area contributed by atoms with E-state index in [1.54, 1.807) is 0 Å². The van der Waals surface area contributed by atoms with Gasteiger partial charge in [0.25, 0.3) is 0 Å². The Hall–Kier alpha value is -2.67. The maximum absolute atomic E-state index is 12.7. The lowest BCUT2D eigenvalue weighted by molar-refractivity contribution is 0.108. The molecule has 1 unspecified atom stereocenters. The molecule has 3 N–H and O–H groups in total. The molecule has 0 bridgehead atoms. The largest absolute Gasteiger partial charge is 0.491 e. The van der Waals surface area contributed by atoms with Gasteiger partial charge in [-0.25, -0.2) is 13.6 Å². The van der Waals surface area contributed by atoms with Crippen LogP contribution in [-0.2, 0) is 0 Å². The fourth-order valence-corrected chi connectivity index (χ4v) is 1.70. The van der Waals surface area contributed by atoms with Crippen LogP contribution in [0, 0.1) is 11.6 Å². The minimum absolute atomic E-state index is 0.0335. The van der Waals surface area contributed by atoms with Crippen molar-refractivity contribution in [3.8, 4) is 5.75 Å². The first-order valence-corrected chi connectivity index (χ1v) is 6.90. The molecule has 2 aromatic rings. The van der Waals surface area contributed by atoms with Gasteiger partial charge in [0.2, 0.25) is 0 Å². The first-order chi connectivity index (χ1) is 11.0. The zero-order valence-electron chi connectivity index (χ0n) is 12.1. The summed E-state index contributed by atoms with van der Waals surface area (Å²) in [5.41, 5.74) is 0.431. The van der Waals surface area contributed by atoms with Crippen molar-refractivity contribution in [3.05, 3.63) is 60.2 Å². The van der Waals surface area contributed by atoms with Crippen molar-refractivity contribution >= 4 is 11.7 Å². The van der Waals surface area contributed by atoms with Crippen LogP contribution in [-0.4, -0.2) is 30.4 Å². The third kappa shape index (κ3) is 5.91. The topological polar surface area (TPSA) is 70.6 Å². The Morgan fingerprint density at radius 2 is 1.61 bits per heavy atom. The minimum Gasteiger partial charge on any atom is -0.491 e. The number of halogens is 2. The molecule has 0 saturated carbocycles. The van der Waals surface area contributed by atoms with Gasteiger partial charge >= 0.3 is 6.03 Å². The maximum atomic E-state index is 12.7. The van der Waals surface area contributed by atoms with E-state index < -0.39 is 18.0 Å². The molecule has 2 amide bonds. The number of amides is 2. The standard InChI is InChI=1S/C16H16F2N2O3/c17-11-1-5-13(6-2-11)20-16(22)19-9-14(21)10-23-15-7-3-12(18)4-8-15/h1-8,14,21H,9-10H2,(H2,19,20,22). The lowest BCUT2D eigenvalue weighted by Crippen LogP contribution is -2.37. The summed E-state index contributed by atoms with van der Waals surface area (Å²) in [5.74, 6) is -0.359. The van der Waals surface area contributed by atoms with E-state index >= 15 is 0 Å². The molecule has 0 aliphatic heterocycles. The highest BCUT2D eigenvalue weighted by Crippen LogP contribution is 2.11. The van der Waals surface area contributed by atoms with E-state index in [0.717, 1.165) is 0 Å². The van der Waals surface area contributed by atoms with Gasteiger partial charge in [-0.05, 0) is 48.5 Å². The Morgan fingerprint density at radius 1 is 1.04 bits per heavy atom. The number of rotatable bonds is 6. The molecule has 0 fully saturated rings. The van der Waals surface area contributed by atoms with Gasteiger partial charge in [0.15, 0.2) is 0 Å². The van der Waals surface area contributed by atoms with Crippen LogP contribution >= 0.6 is 0 Å². The number of anilines is 1. The summed E-state index contributed by atoms with van der Waals surface area (Å²) in [7, 11) is 0. The predicted octanol–water partition coefficient (Wildman–Crippen LogP) is 2.53. The number of ether oxygens (including phenoxy) is 1. The Morgan fingerprint density at radius 3 is 2.22 bits per heavy atom. The normalized spacial score (nSPS) is 11.6. The van der Waals surface area contributed by atoms with Gasteiger partial charge in [0.1, 0.15) is 30.1 Å². The van der Waals surface area contributed by atoms with Crippen LogP contribution < -0.4 is 15.4 Å². The summed E-state index contributed by atoms with van der Waals surface area (Å²) < 4.78 is 30.7. The molecule has 0 aromatic heterocycles. The van der Waals surface area contributed by atoms with Crippen molar-refractivity contribution in [2.45, 2.75) is 6.10 Å². The van der Waals surface area contributed by atoms with Gasteiger partial charge in [-0.1, -0.05) is 0 Å². The molecule has 0 aliphatic carbocycles. The predicted molar refractivity (Wildman–Crippen MR) is 81.3 cm³/mol. The molecule has 0 radical (unpaired) electrons. The van der Waals surface area contributed by atoms with Gasteiger partial charge in [-0.15, -0.1) is 0 Å². The molecule has 1 atom stereocenters. The molecule has 2 aromatic carbocycles. The highest BCUT2D eigenvalue weighted by molar-refractivity contribution is 5.89. The molecule has 122 valence electrons. The van der Waals surface area contributed by atoms with Crippen molar-refractivity contribution < 1.29 is 23.4 Å². The van der Waals surface area contributed by atoms with Crippen LogP contribution in [0.2, 0.25) is 0 Å². The lowest BCUT2D eigenvalue weighted by Gasteiger charge is -2.14. The van der Waals surface area contributed by atoms with Crippen LogP contribution in [0.3, 0.4) is 0 Å². The monoisotopic (exact) mass is 322 g/mol. The average Bonchev–Trinajstić information content (AvgIpc) is 2.54. The third-order valence-corrected chi connectivity index (χ3v) is 2.86. The molecule has 0 aliphatic rings. The molecule has 2 rings (SSSR count). The summed E-state index contributed by atoms with van der Waals surface area (Å²) in [5, 5.41) is 14.7. The number of aliphatic hydroxyl groups excluding tert-OH is 1. The second-order valence-electron chi connectivity index (χ2n) is 4.76. The summed E-state index contributed by atoms with van der Waals surface area (Å²) in [6, 6.07) is 10.1. The number of carbonyl (C=O) groups excluding carboxylic acids is 1. The van der Waals surface area contributed by atoms with Crippen molar-refractivity contribution in [2.24, 2.45) is 0 Å². The van der Waals surface area contributed by atoms with Gasteiger partial charge < -0.3 is 20.5 Å². The maximum Gasteiger partial charge on any atom is 0.319 e. The molecule has 0 heterocycles. The number of carbonyl (C=O) groups is 1. The third-order valence-electron chi connectivity index (χ3n) is 2.86. The second-order valence-corrected chi connectivity index (χ2v) is 4.76. The smallest absolute Gasteiger partial charge is 0.319 e. The number of aliphatic hydroxyl groups is 1. The first-order valence-electron chi connectivity index (χ1n) is 6.90. The fourth-order valence-electron chi connectivity index (χ4n) is 1.70. The first kappa shape index (κ1) is 16.7. The van der Waals surface area contributed by atoms with Crippen molar-refractivity contribution in [3.63, 3.8) is 0 Å². The van der Waals surface area contributed by atoms with E-state index in [9.17, 15) is 18.7 Å². The summed E-state index contributed by atoms with van der Waals surface area (Å²) >= 11 is 0. The quantitative estimate of drug-likeness (QED) is 0.765. The Kier molecular flexibility index (Phi) is 5.87. The number of urea groups is 1. The molecular weight excluding hydrogens is 306 g/mol. The number of hydrogen-bond acceptors (Lipinski definition) is 3. The Bertz CT molecular complexity index is 633. The molecular formula is C16H16F2N2O3. The van der Waals surface area contributed by atoms with Gasteiger partial charge in [-0.3, -0.25) is 0 Å². The summed E-state index contributed by atoms with van der Waals surface area (Å²) in [6.07, 6.45) is -0.931. The van der Waals surface area contributed by atoms with Crippen molar-refractivity contribution in [2.75, 3.05) is 18.5 Å². The van der Waals surface area contributed by atoms with Crippen LogP contribution in [0.5, 0.6) is 5.75 Å². The van der Waals surface area contributed by atoms with E-state index in [2.05, 4.69) is 10.6 Å². The van der Waals surface area contributed by atoms with Crippen LogP contribution in [0.4, 0.5) is 19.3 Å². The zero-order chi connectivity index (χ0) is 16.7. The second kappa shape index (κ2) is 8.09. The van der Waals surface area contributed by atoms with Crippen LogP contribution in [0.15, 0.2) is 48.5 Å². The number of hydrogen-bond donors (Lipinski definition) is 3. The van der Waals surface area contributed by atoms with Crippen molar-refractivity contribution in [1.82, 2.24) is 5.32 Å². The molecule has 7 heteroatoms. The van der Waals surface area contributed by atoms with Gasteiger partial charge in [0.05, 0.1) is 0 Å². The van der Waals surface area contributed by atoms with Gasteiger partial charge in [-0.2, -0.15) is 0 Å². The van der Waals surface area contributed by atoms with Crippen LogP contribution in [0.1, 0.15) is 0 Å². The highest BCUT2D eigenvalue weighted by atomic mass is 19.1. The molecule has 5 nitrogen and oxygen atoms in total. The Labute approximate surface area is 131 Å². The SMILES string of the molecule is O=C(NCC(O)COc1ccc(F)cc1)Nc1ccc(F)cc1. The van der Waals surface area contributed by atoms with E-state index in [4.69, 9.17) is 4.74 Å². The highest BCUT2D eigenvalue weighted by Gasteiger charge is 2.08. The van der Waals surface area contributed by atoms with E-state index in [1.165, 1.54) is 48.5 Å². The fraction of sp³-hybridized carbons (Fsp3) is 0.188. The van der Waals surface area contributed by atoms with Crippen molar-refractivity contribution in [1.29, 1.82) is 0 Å². The molecule has 0 saturated heterocycles. The van der Waals surface area contributed by atoms with E-state index in [-0.39, 0.29) is 19.0 Å². The van der Waals surface area contributed by atoms with E-state index in [0.29, 0.717) is 11.4 Å². The number of nitrogens with one attached hydrogen (secondary N) is 2. The lowest BCUT2D eigenvalue weighted by atomic mass is 10.3. The number of benzene rings is 2. The molecule has 0 spiro atoms.